The van der Waals surface area contributed by atoms with Crippen LogP contribution in [0.15, 0.2) is 48.7 Å². The van der Waals surface area contributed by atoms with Crippen molar-refractivity contribution in [3.8, 4) is 5.88 Å². The highest BCUT2D eigenvalue weighted by atomic mass is 16.6. The summed E-state index contributed by atoms with van der Waals surface area (Å²) in [5.41, 5.74) is 6.68. The molecule has 2 aliphatic carbocycles. The third-order valence-corrected chi connectivity index (χ3v) is 9.04. The van der Waals surface area contributed by atoms with Crippen LogP contribution in [0, 0.1) is 11.3 Å². The van der Waals surface area contributed by atoms with Gasteiger partial charge in [-0.25, -0.2) is 14.6 Å². The number of primary amides is 1. The molecule has 6 rings (SSSR count). The van der Waals surface area contributed by atoms with E-state index in [1.807, 2.05) is 30.3 Å². The van der Waals surface area contributed by atoms with Gasteiger partial charge in [-0.3, -0.25) is 14.5 Å². The number of piperidine rings is 1. The highest BCUT2D eigenvalue weighted by Gasteiger charge is 2.58. The fourth-order valence-corrected chi connectivity index (χ4v) is 6.82. The van der Waals surface area contributed by atoms with E-state index in [2.05, 4.69) is 10.3 Å². The number of rotatable bonds is 8. The molecule has 3 heterocycles. The molecule has 2 saturated carbocycles. The smallest absolute Gasteiger partial charge is 0.410 e. The first-order valence-corrected chi connectivity index (χ1v) is 14.3. The Morgan fingerprint density at radius 2 is 1.76 bits per heavy atom. The average Bonchev–Trinajstić information content (AvgIpc) is 3.21. The van der Waals surface area contributed by atoms with Gasteiger partial charge in [0.15, 0.2) is 0 Å². The fraction of sp³-hybridized carbons (Fsp3) is 0.500. The number of hydrogen-bond donors (Lipinski definition) is 2. The van der Waals surface area contributed by atoms with Crippen LogP contribution in [0.2, 0.25) is 0 Å². The van der Waals surface area contributed by atoms with Crippen LogP contribution in [0.5, 0.6) is 5.88 Å². The normalized spacial score (nSPS) is 27.7. The molecule has 0 bridgehead atoms. The minimum Gasteiger partial charge on any atom is -0.474 e. The van der Waals surface area contributed by atoms with Crippen LogP contribution < -0.4 is 15.8 Å². The van der Waals surface area contributed by atoms with E-state index < -0.39 is 11.9 Å². The van der Waals surface area contributed by atoms with Gasteiger partial charge in [-0.15, -0.1) is 0 Å². The predicted octanol–water partition coefficient (Wildman–Crippen LogP) is 3.23. The van der Waals surface area contributed by atoms with Crippen LogP contribution >= 0.6 is 0 Å². The highest BCUT2D eigenvalue weighted by molar-refractivity contribution is 6.04. The minimum absolute atomic E-state index is 0.0532. The lowest BCUT2D eigenvalue weighted by Gasteiger charge is -2.58. The summed E-state index contributed by atoms with van der Waals surface area (Å²) in [7, 11) is 0. The molecule has 5 amide bonds. The summed E-state index contributed by atoms with van der Waals surface area (Å²) in [6.45, 7) is 1.39. The van der Waals surface area contributed by atoms with E-state index in [1.54, 1.807) is 23.2 Å². The minimum atomic E-state index is -0.578. The van der Waals surface area contributed by atoms with Crippen molar-refractivity contribution in [2.75, 3.05) is 13.1 Å². The molecule has 11 nitrogen and oxygen atoms in total. The van der Waals surface area contributed by atoms with Crippen molar-refractivity contribution < 1.29 is 28.7 Å². The largest absolute Gasteiger partial charge is 0.474 e. The summed E-state index contributed by atoms with van der Waals surface area (Å²) < 4.78 is 11.4. The highest BCUT2D eigenvalue weighted by Crippen LogP contribution is 2.58. The van der Waals surface area contributed by atoms with Crippen LogP contribution in [0.3, 0.4) is 0 Å². The summed E-state index contributed by atoms with van der Waals surface area (Å²) in [6.07, 6.45) is 6.38. The molecule has 2 aliphatic heterocycles. The molecule has 1 aromatic heterocycles. The van der Waals surface area contributed by atoms with Gasteiger partial charge in [0, 0.05) is 25.3 Å². The van der Waals surface area contributed by atoms with Crippen LogP contribution in [-0.4, -0.2) is 70.0 Å². The molecular weight excluding hydrogens is 526 g/mol. The van der Waals surface area contributed by atoms with E-state index >= 15 is 0 Å². The molecule has 0 radical (unpaired) electrons. The number of aromatic nitrogens is 1. The van der Waals surface area contributed by atoms with Gasteiger partial charge in [-0.2, -0.15) is 0 Å². The second kappa shape index (κ2) is 11.0. The number of carbonyl (C=O) groups is 4. The first-order chi connectivity index (χ1) is 19.8. The van der Waals surface area contributed by atoms with Crippen molar-refractivity contribution in [3.05, 3.63) is 59.8 Å². The number of nitrogens with zero attached hydrogens (tertiary/aromatic N) is 3. The van der Waals surface area contributed by atoms with Gasteiger partial charge < -0.3 is 25.4 Å². The van der Waals surface area contributed by atoms with Crippen LogP contribution in [0.25, 0.3) is 0 Å². The molecule has 2 aromatic rings. The Morgan fingerprint density at radius 1 is 1.02 bits per heavy atom. The third kappa shape index (κ3) is 5.57. The monoisotopic (exact) mass is 561 g/mol. The van der Waals surface area contributed by atoms with Gasteiger partial charge in [0.05, 0.1) is 0 Å². The Morgan fingerprint density at radius 3 is 2.46 bits per heavy atom. The van der Waals surface area contributed by atoms with Crippen LogP contribution in [0.4, 0.5) is 9.59 Å². The van der Waals surface area contributed by atoms with Gasteiger partial charge >= 0.3 is 12.1 Å². The summed E-state index contributed by atoms with van der Waals surface area (Å²) in [4.78, 5) is 57.4. The van der Waals surface area contributed by atoms with Crippen molar-refractivity contribution in [2.24, 2.45) is 17.1 Å². The van der Waals surface area contributed by atoms with Gasteiger partial charge in [0.1, 0.15) is 24.3 Å². The van der Waals surface area contributed by atoms with Gasteiger partial charge in [0.25, 0.3) is 11.8 Å². The van der Waals surface area contributed by atoms with Gasteiger partial charge in [0.2, 0.25) is 5.88 Å². The Bertz CT molecular complexity index is 1310. The zero-order valence-corrected chi connectivity index (χ0v) is 22.9. The SMILES string of the molecule is NC(=O)c1cccnc1OC1CC2(C1)CC(N1C(=O)NC(CC3CCN(C(=O)OCc4ccccc4)CC3)C1=O)C2. The number of nitrogens with two attached hydrogens (primary N) is 1. The summed E-state index contributed by atoms with van der Waals surface area (Å²) >= 11 is 0. The summed E-state index contributed by atoms with van der Waals surface area (Å²) in [5, 5.41) is 2.90. The standard InChI is InChI=1S/C30H35N5O6/c31-25(36)23-7-4-10-32-26(23)41-22-16-30(17-22)14-21(15-30)35-27(37)24(33-28(35)38)13-19-8-11-34(12-9-19)29(39)40-18-20-5-2-1-3-6-20/h1-7,10,19,21-22,24H,8-9,11-18H2,(H2,31,36)(H,33,38). The van der Waals surface area contributed by atoms with Gasteiger partial charge in [-0.1, -0.05) is 30.3 Å². The number of hydrogen-bond acceptors (Lipinski definition) is 7. The molecule has 1 atom stereocenters. The van der Waals surface area contributed by atoms with E-state index in [0.29, 0.717) is 19.5 Å². The number of imide groups is 1. The van der Waals surface area contributed by atoms with Crippen LogP contribution in [0.1, 0.15) is 60.9 Å². The Hall–Kier alpha value is -4.15. The quantitative estimate of drug-likeness (QED) is 0.471. The summed E-state index contributed by atoms with van der Waals surface area (Å²) in [5.74, 6) is -0.226. The number of nitrogens with one attached hydrogen (secondary N) is 1. The lowest BCUT2D eigenvalue weighted by atomic mass is 9.52. The average molecular weight is 562 g/mol. The molecule has 1 aromatic carbocycles. The molecule has 4 aliphatic rings. The third-order valence-electron chi connectivity index (χ3n) is 9.04. The number of pyridine rings is 1. The maximum absolute atomic E-state index is 13.2. The Kier molecular flexibility index (Phi) is 7.27. The number of amides is 5. The first kappa shape index (κ1) is 27.0. The lowest BCUT2D eigenvalue weighted by Crippen LogP contribution is -2.60. The molecule has 4 fully saturated rings. The van der Waals surface area contributed by atoms with E-state index in [4.69, 9.17) is 15.2 Å². The van der Waals surface area contributed by atoms with Crippen molar-refractivity contribution in [3.63, 3.8) is 0 Å². The number of benzene rings is 1. The maximum atomic E-state index is 13.2. The number of likely N-dealkylation sites (tertiary alicyclic amines) is 1. The van der Waals surface area contributed by atoms with Crippen LogP contribution in [-0.2, 0) is 16.1 Å². The van der Waals surface area contributed by atoms with Gasteiger partial charge in [-0.05, 0) is 74.0 Å². The zero-order chi connectivity index (χ0) is 28.6. The van der Waals surface area contributed by atoms with E-state index in [0.717, 1.165) is 44.1 Å². The molecule has 1 spiro atoms. The van der Waals surface area contributed by atoms with Crippen molar-refractivity contribution in [2.45, 2.75) is 69.7 Å². The zero-order valence-electron chi connectivity index (χ0n) is 22.9. The molecule has 2 saturated heterocycles. The summed E-state index contributed by atoms with van der Waals surface area (Å²) in [6, 6.07) is 11.9. The van der Waals surface area contributed by atoms with E-state index in [-0.39, 0.29) is 59.6 Å². The van der Waals surface area contributed by atoms with Crippen molar-refractivity contribution in [1.82, 2.24) is 20.1 Å². The number of urea groups is 1. The predicted molar refractivity (Wildman–Crippen MR) is 147 cm³/mol. The maximum Gasteiger partial charge on any atom is 0.410 e. The Labute approximate surface area is 238 Å². The first-order valence-electron chi connectivity index (χ1n) is 14.3. The van der Waals surface area contributed by atoms with Crippen molar-refractivity contribution in [1.29, 1.82) is 0 Å². The second-order valence-electron chi connectivity index (χ2n) is 11.8. The lowest BCUT2D eigenvalue weighted by molar-refractivity contribution is -0.141. The number of carbonyl (C=O) groups excluding carboxylic acids is 4. The molecule has 41 heavy (non-hydrogen) atoms. The molecule has 1 unspecified atom stereocenters. The Balaban J connectivity index is 0.931. The number of ether oxygens (including phenoxy) is 2. The second-order valence-corrected chi connectivity index (χ2v) is 11.8. The topological polar surface area (TPSA) is 144 Å². The molecular formula is C30H35N5O6. The van der Waals surface area contributed by atoms with E-state index in [9.17, 15) is 19.2 Å². The fourth-order valence-electron chi connectivity index (χ4n) is 6.82. The molecule has 216 valence electrons. The van der Waals surface area contributed by atoms with E-state index in [1.165, 1.54) is 4.90 Å². The molecule has 11 heteroatoms. The van der Waals surface area contributed by atoms with Crippen molar-refractivity contribution >= 4 is 23.9 Å². The molecule has 3 N–H and O–H groups in total.